The maximum atomic E-state index is 13.3. The van der Waals surface area contributed by atoms with Gasteiger partial charge in [-0.25, -0.2) is 0 Å². The van der Waals surface area contributed by atoms with E-state index >= 15 is 0 Å². The average molecular weight is 754 g/mol. The Bertz CT molecular complexity index is 2010. The summed E-state index contributed by atoms with van der Waals surface area (Å²) in [6, 6.07) is 8.35. The summed E-state index contributed by atoms with van der Waals surface area (Å²) >= 11 is 0. The number of amides is 4. The molecular weight excluding hydrogens is 706 g/mol. The number of anilines is 2. The summed E-state index contributed by atoms with van der Waals surface area (Å²) in [7, 11) is 3.30. The standard InChI is InChI=1S/C39H47N9O7/c1-42-24-26(22-40-42)30-20-34(48(53)54)35(55-2)21-33(30)46-17-15-45(16-18-46)27-9-11-43(12-10-27)23-25-7-13-44(14-8-25)28-3-4-29-31(19-28)39(52)47(38(29)51)32-5-6-36(49)41-37(32)50/h3-4,19-22,24-25,27,32H,5-18,23H2,1-2H3,(H,41,49,50). The zero-order valence-corrected chi connectivity index (χ0v) is 31.3. The maximum Gasteiger partial charge on any atom is 0.311 e. The fourth-order valence-electron chi connectivity index (χ4n) is 9.11. The minimum Gasteiger partial charge on any atom is -0.490 e. The number of likely N-dealkylation sites (tertiary alicyclic amines) is 1. The molecule has 55 heavy (non-hydrogen) atoms. The Balaban J connectivity index is 0.815. The number of imide groups is 2. The van der Waals surface area contributed by atoms with Crippen molar-refractivity contribution in [1.29, 1.82) is 0 Å². The van der Waals surface area contributed by atoms with Crippen molar-refractivity contribution in [3.05, 3.63) is 64.0 Å². The van der Waals surface area contributed by atoms with Crippen LogP contribution in [0, 0.1) is 16.0 Å². The normalized spacial score (nSPS) is 22.0. The fraction of sp³-hybridized carbons (Fsp3) is 0.513. The van der Waals surface area contributed by atoms with Crippen LogP contribution in [-0.4, -0.2) is 131 Å². The number of nitrogens with one attached hydrogen (secondary N) is 1. The minimum atomic E-state index is -0.967. The Labute approximate surface area is 319 Å². The molecule has 16 heteroatoms. The van der Waals surface area contributed by atoms with Gasteiger partial charge in [0.1, 0.15) is 6.04 Å². The number of fused-ring (bicyclic) bond motifs is 1. The molecule has 2 aromatic carbocycles. The molecule has 5 aliphatic rings. The molecule has 8 rings (SSSR count). The zero-order valence-electron chi connectivity index (χ0n) is 31.3. The largest absolute Gasteiger partial charge is 0.490 e. The van der Waals surface area contributed by atoms with E-state index < -0.39 is 28.7 Å². The van der Waals surface area contributed by atoms with Gasteiger partial charge in [-0.3, -0.25) is 49.1 Å². The number of hydrogen-bond acceptors (Lipinski definition) is 12. The minimum absolute atomic E-state index is 0.0573. The average Bonchev–Trinajstić information content (AvgIpc) is 3.74. The van der Waals surface area contributed by atoms with Crippen molar-refractivity contribution in [2.45, 2.75) is 50.6 Å². The Kier molecular flexibility index (Phi) is 10.0. The number of ether oxygens (including phenoxy) is 1. The van der Waals surface area contributed by atoms with Crippen molar-refractivity contribution in [2.24, 2.45) is 13.0 Å². The molecule has 16 nitrogen and oxygen atoms in total. The van der Waals surface area contributed by atoms with Gasteiger partial charge in [0.15, 0.2) is 5.75 Å². The lowest BCUT2D eigenvalue weighted by atomic mass is 9.93. The van der Waals surface area contributed by atoms with Crippen LogP contribution in [0.1, 0.15) is 59.2 Å². The lowest BCUT2D eigenvalue weighted by molar-refractivity contribution is -0.385. The summed E-state index contributed by atoms with van der Waals surface area (Å²) in [5, 5.41) is 18.4. The van der Waals surface area contributed by atoms with Crippen molar-refractivity contribution in [1.82, 2.24) is 29.8 Å². The first-order chi connectivity index (χ1) is 26.6. The van der Waals surface area contributed by atoms with Gasteiger partial charge in [0.2, 0.25) is 11.8 Å². The van der Waals surface area contributed by atoms with Crippen LogP contribution in [0.4, 0.5) is 17.1 Å². The number of piperidine rings is 3. The van der Waals surface area contributed by atoms with E-state index in [9.17, 15) is 29.3 Å². The summed E-state index contributed by atoms with van der Waals surface area (Å²) < 4.78 is 7.14. The molecule has 0 spiro atoms. The van der Waals surface area contributed by atoms with Gasteiger partial charge >= 0.3 is 5.69 Å². The van der Waals surface area contributed by atoms with Crippen molar-refractivity contribution >= 4 is 40.7 Å². The Morgan fingerprint density at radius 3 is 2.24 bits per heavy atom. The number of carbonyl (C=O) groups is 4. The highest BCUT2D eigenvalue weighted by Crippen LogP contribution is 2.41. The number of benzene rings is 2. The lowest BCUT2D eigenvalue weighted by Gasteiger charge is -2.44. The third-order valence-electron chi connectivity index (χ3n) is 12.2. The number of hydrogen-bond donors (Lipinski definition) is 1. The van der Waals surface area contributed by atoms with Crippen LogP contribution in [-0.2, 0) is 16.6 Å². The van der Waals surface area contributed by atoms with E-state index in [0.29, 0.717) is 23.1 Å². The second-order valence-corrected chi connectivity index (χ2v) is 15.4. The second kappa shape index (κ2) is 15.1. The summed E-state index contributed by atoms with van der Waals surface area (Å²) in [4.78, 5) is 72.8. The topological polar surface area (TPSA) is 167 Å². The van der Waals surface area contributed by atoms with Crippen LogP contribution in [0.25, 0.3) is 11.1 Å². The van der Waals surface area contributed by atoms with Gasteiger partial charge in [0.25, 0.3) is 11.8 Å². The highest BCUT2D eigenvalue weighted by molar-refractivity contribution is 6.23. The Morgan fingerprint density at radius 2 is 1.58 bits per heavy atom. The summed E-state index contributed by atoms with van der Waals surface area (Å²) in [6.45, 7) is 8.43. The zero-order chi connectivity index (χ0) is 38.4. The smallest absolute Gasteiger partial charge is 0.311 e. The van der Waals surface area contributed by atoms with E-state index in [1.807, 2.05) is 19.3 Å². The number of piperazine rings is 1. The second-order valence-electron chi connectivity index (χ2n) is 15.4. The van der Waals surface area contributed by atoms with Gasteiger partial charge in [-0.1, -0.05) is 0 Å². The quantitative estimate of drug-likeness (QED) is 0.193. The number of nitrogens with zero attached hydrogens (tertiary/aromatic N) is 8. The molecule has 0 radical (unpaired) electrons. The highest BCUT2D eigenvalue weighted by atomic mass is 16.6. The summed E-state index contributed by atoms with van der Waals surface area (Å²) in [5.74, 6) is -1.10. The van der Waals surface area contributed by atoms with Crippen LogP contribution in [0.5, 0.6) is 5.75 Å². The number of carbonyl (C=O) groups excluding carboxylic acids is 4. The van der Waals surface area contributed by atoms with E-state index in [1.165, 1.54) is 7.11 Å². The van der Waals surface area contributed by atoms with E-state index in [4.69, 9.17) is 4.74 Å². The summed E-state index contributed by atoms with van der Waals surface area (Å²) in [6.07, 6.45) is 8.20. The van der Waals surface area contributed by atoms with Crippen LogP contribution in [0.15, 0.2) is 42.7 Å². The van der Waals surface area contributed by atoms with Crippen molar-refractivity contribution < 1.29 is 28.8 Å². The lowest BCUT2D eigenvalue weighted by Crippen LogP contribution is -2.54. The molecule has 290 valence electrons. The molecule has 0 aliphatic carbocycles. The number of nitro groups is 1. The molecule has 3 aromatic rings. The number of methoxy groups -OCH3 is 1. The van der Waals surface area contributed by atoms with Gasteiger partial charge in [0.05, 0.1) is 29.4 Å². The van der Waals surface area contributed by atoms with E-state index in [0.717, 1.165) is 112 Å². The van der Waals surface area contributed by atoms with Gasteiger partial charge in [0, 0.05) is 106 Å². The number of aryl methyl sites for hydroxylation is 1. The van der Waals surface area contributed by atoms with Crippen molar-refractivity contribution in [3.8, 4) is 16.9 Å². The van der Waals surface area contributed by atoms with Gasteiger partial charge < -0.3 is 19.4 Å². The third-order valence-corrected chi connectivity index (χ3v) is 12.2. The molecule has 1 aromatic heterocycles. The summed E-state index contributed by atoms with van der Waals surface area (Å²) in [5.41, 5.74) is 4.01. The molecule has 1 unspecified atom stereocenters. The molecule has 1 N–H and O–H groups in total. The van der Waals surface area contributed by atoms with Gasteiger partial charge in [-0.2, -0.15) is 5.10 Å². The van der Waals surface area contributed by atoms with E-state index in [1.54, 1.807) is 35.1 Å². The first kappa shape index (κ1) is 36.6. The van der Waals surface area contributed by atoms with E-state index in [2.05, 4.69) is 30.0 Å². The fourth-order valence-corrected chi connectivity index (χ4v) is 9.11. The van der Waals surface area contributed by atoms with Crippen LogP contribution in [0.2, 0.25) is 0 Å². The molecule has 1 atom stereocenters. The molecule has 6 heterocycles. The molecule has 4 saturated heterocycles. The molecule has 4 amide bonds. The number of aromatic nitrogens is 2. The molecule has 4 fully saturated rings. The molecule has 0 bridgehead atoms. The van der Waals surface area contributed by atoms with Crippen molar-refractivity contribution in [2.75, 3.05) is 75.8 Å². The van der Waals surface area contributed by atoms with Gasteiger partial charge in [-0.05, 0) is 69.3 Å². The SMILES string of the molecule is COc1cc(N2CCN(C3CCN(CC4CCN(c5ccc6c(c5)C(=O)N(C5CCC(=O)NC5=O)C6=O)CC4)CC3)CC2)c(-c2cnn(C)c2)cc1[N+](=O)[O-]. The highest BCUT2D eigenvalue weighted by Gasteiger charge is 2.45. The first-order valence-electron chi connectivity index (χ1n) is 19.2. The number of nitro benzene ring substituents is 1. The van der Waals surface area contributed by atoms with Crippen LogP contribution >= 0.6 is 0 Å². The van der Waals surface area contributed by atoms with Crippen molar-refractivity contribution in [3.63, 3.8) is 0 Å². The Morgan fingerprint density at radius 1 is 0.855 bits per heavy atom. The molecule has 5 aliphatic heterocycles. The van der Waals surface area contributed by atoms with Gasteiger partial charge in [-0.15, -0.1) is 0 Å². The number of rotatable bonds is 9. The molecule has 0 saturated carbocycles. The maximum absolute atomic E-state index is 13.3. The third kappa shape index (κ3) is 7.15. The van der Waals surface area contributed by atoms with Crippen LogP contribution < -0.4 is 19.9 Å². The monoisotopic (exact) mass is 753 g/mol. The van der Waals surface area contributed by atoms with Crippen LogP contribution in [0.3, 0.4) is 0 Å². The molecular formula is C39H47N9O7. The first-order valence-corrected chi connectivity index (χ1v) is 19.2. The predicted octanol–water partition coefficient (Wildman–Crippen LogP) is 2.91. The Hall–Kier alpha value is -5.35. The van der Waals surface area contributed by atoms with E-state index in [-0.39, 0.29) is 30.2 Å². The predicted molar refractivity (Wildman–Crippen MR) is 203 cm³/mol.